The molecule has 0 unspecified atom stereocenters. The van der Waals surface area contributed by atoms with Gasteiger partial charge >= 0.3 is 6.09 Å². The maximum absolute atomic E-state index is 13.0. The zero-order valence-corrected chi connectivity index (χ0v) is 22.5. The molecular formula is C25H29N5O7S. The fraction of sp³-hybridized carbons (Fsp3) is 0.320. The van der Waals surface area contributed by atoms with Crippen molar-refractivity contribution in [1.29, 1.82) is 0 Å². The van der Waals surface area contributed by atoms with Crippen molar-refractivity contribution in [2.75, 3.05) is 18.9 Å². The summed E-state index contributed by atoms with van der Waals surface area (Å²) >= 11 is 0. The van der Waals surface area contributed by atoms with Gasteiger partial charge in [-0.3, -0.25) is 9.40 Å². The third-order valence-electron chi connectivity index (χ3n) is 5.32. The summed E-state index contributed by atoms with van der Waals surface area (Å²) in [5.74, 6) is 0.709. The highest BCUT2D eigenvalue weighted by Gasteiger charge is 2.23. The van der Waals surface area contributed by atoms with E-state index in [1.165, 1.54) is 20.3 Å². The summed E-state index contributed by atoms with van der Waals surface area (Å²) in [5, 5.41) is 11.4. The van der Waals surface area contributed by atoms with Crippen LogP contribution in [0.15, 0.2) is 58.2 Å². The largest absolute Gasteiger partial charge is 0.496 e. The number of carbonyl (C=O) groups excluding carboxylic acids is 1. The number of methoxy groups -OCH3 is 2. The van der Waals surface area contributed by atoms with E-state index in [1.807, 2.05) is 0 Å². The van der Waals surface area contributed by atoms with Crippen LogP contribution in [-0.4, -0.2) is 49.3 Å². The van der Waals surface area contributed by atoms with Crippen molar-refractivity contribution in [1.82, 2.24) is 20.3 Å². The van der Waals surface area contributed by atoms with Crippen molar-refractivity contribution in [2.24, 2.45) is 0 Å². The number of nitrogens with one attached hydrogen (secondary N) is 2. The second-order valence-corrected chi connectivity index (χ2v) is 11.0. The number of hydrogen-bond donors (Lipinski definition) is 2. The molecule has 2 aromatic heterocycles. The predicted molar refractivity (Wildman–Crippen MR) is 139 cm³/mol. The zero-order valence-electron chi connectivity index (χ0n) is 21.6. The molecule has 0 aliphatic rings. The highest BCUT2D eigenvalue weighted by atomic mass is 32.2. The van der Waals surface area contributed by atoms with E-state index >= 15 is 0 Å². The lowest BCUT2D eigenvalue weighted by atomic mass is 10.1. The summed E-state index contributed by atoms with van der Waals surface area (Å²) in [4.78, 5) is 11.9. The van der Waals surface area contributed by atoms with Gasteiger partial charge < -0.3 is 24.1 Å². The number of hydrogen-bond acceptors (Lipinski definition) is 9. The number of fused-ring (bicyclic) bond motifs is 1. The third-order valence-corrected chi connectivity index (χ3v) is 6.70. The Labute approximate surface area is 219 Å². The lowest BCUT2D eigenvalue weighted by Gasteiger charge is -2.19. The summed E-state index contributed by atoms with van der Waals surface area (Å²) in [6, 6.07) is 9.62. The molecule has 4 rings (SSSR count). The van der Waals surface area contributed by atoms with E-state index < -0.39 is 21.7 Å². The molecule has 0 saturated carbocycles. The highest BCUT2D eigenvalue weighted by molar-refractivity contribution is 7.92. The van der Waals surface area contributed by atoms with E-state index in [-0.39, 0.29) is 23.0 Å². The van der Waals surface area contributed by atoms with Gasteiger partial charge in [0.15, 0.2) is 11.4 Å². The normalized spacial score (nSPS) is 11.8. The van der Waals surface area contributed by atoms with Gasteiger partial charge in [0.1, 0.15) is 22.0 Å². The molecular weight excluding hydrogens is 514 g/mol. The van der Waals surface area contributed by atoms with Gasteiger partial charge in [-0.15, -0.1) is 0 Å². The Bertz CT molecular complexity index is 1550. The van der Waals surface area contributed by atoms with Crippen LogP contribution in [0.2, 0.25) is 0 Å². The summed E-state index contributed by atoms with van der Waals surface area (Å²) in [7, 11) is -1.10. The van der Waals surface area contributed by atoms with Gasteiger partial charge in [0.05, 0.1) is 32.3 Å². The number of anilines is 1. The highest BCUT2D eigenvalue weighted by Crippen LogP contribution is 2.33. The number of rotatable bonds is 9. The van der Waals surface area contributed by atoms with Crippen LogP contribution >= 0.6 is 0 Å². The number of ether oxygens (including phenoxy) is 3. The average Bonchev–Trinajstić information content (AvgIpc) is 3.47. The Hall–Kier alpha value is -4.26. The molecule has 2 aromatic carbocycles. The molecule has 0 atom stereocenters. The monoisotopic (exact) mass is 543 g/mol. The van der Waals surface area contributed by atoms with Crippen LogP contribution in [0.3, 0.4) is 0 Å². The second-order valence-electron chi connectivity index (χ2n) is 9.35. The summed E-state index contributed by atoms with van der Waals surface area (Å²) < 4.78 is 51.5. The Morgan fingerprint density at radius 3 is 2.55 bits per heavy atom. The van der Waals surface area contributed by atoms with Crippen LogP contribution < -0.4 is 19.5 Å². The minimum atomic E-state index is -4.01. The molecule has 1 amide bonds. The van der Waals surface area contributed by atoms with Gasteiger partial charge in [-0.2, -0.15) is 5.10 Å². The minimum absolute atomic E-state index is 0.0188. The molecule has 0 radical (unpaired) electrons. The van der Waals surface area contributed by atoms with Crippen LogP contribution in [-0.2, 0) is 27.8 Å². The van der Waals surface area contributed by atoms with Crippen LogP contribution in [0.4, 0.5) is 10.6 Å². The lowest BCUT2D eigenvalue weighted by molar-refractivity contribution is 0.0523. The molecule has 0 aliphatic heterocycles. The summed E-state index contributed by atoms with van der Waals surface area (Å²) in [6.07, 6.45) is 2.91. The number of nitrogens with zero attached hydrogens (tertiary/aromatic N) is 3. The van der Waals surface area contributed by atoms with Crippen LogP contribution in [0.25, 0.3) is 11.0 Å². The first-order valence-corrected chi connectivity index (χ1v) is 13.1. The summed E-state index contributed by atoms with van der Waals surface area (Å²) in [5.41, 5.74) is 1.28. The molecule has 13 heteroatoms. The molecule has 4 aromatic rings. The molecule has 0 fully saturated rings. The number of carbonyl (C=O) groups is 1. The molecule has 38 heavy (non-hydrogen) atoms. The lowest BCUT2D eigenvalue weighted by Crippen LogP contribution is -2.32. The number of sulfonamides is 1. The van der Waals surface area contributed by atoms with Crippen molar-refractivity contribution in [3.8, 4) is 11.5 Å². The number of alkyl carbamates (subject to hydrolysis) is 1. The van der Waals surface area contributed by atoms with Crippen molar-refractivity contribution in [3.63, 3.8) is 0 Å². The Morgan fingerprint density at radius 1 is 1.11 bits per heavy atom. The average molecular weight is 544 g/mol. The quantitative estimate of drug-likeness (QED) is 0.321. The van der Waals surface area contributed by atoms with E-state index in [9.17, 15) is 13.2 Å². The zero-order chi connectivity index (χ0) is 27.5. The van der Waals surface area contributed by atoms with Gasteiger partial charge in [0.2, 0.25) is 0 Å². The van der Waals surface area contributed by atoms with Crippen LogP contribution in [0, 0.1) is 0 Å². The summed E-state index contributed by atoms with van der Waals surface area (Å²) in [6.45, 7) is 5.96. The van der Waals surface area contributed by atoms with Gasteiger partial charge in [-0.25, -0.2) is 13.2 Å². The van der Waals surface area contributed by atoms with E-state index in [4.69, 9.17) is 18.7 Å². The first-order chi connectivity index (χ1) is 18.0. The molecule has 0 aliphatic carbocycles. The van der Waals surface area contributed by atoms with E-state index in [1.54, 1.807) is 68.2 Å². The number of amides is 1. The first-order valence-electron chi connectivity index (χ1n) is 11.6. The van der Waals surface area contributed by atoms with Crippen LogP contribution in [0.1, 0.15) is 31.9 Å². The first kappa shape index (κ1) is 26.8. The molecule has 12 nitrogen and oxygen atoms in total. The number of aromatic nitrogens is 3. The standard InChI is InChI=1S/C25H29N5O7S/c1-25(2,3)36-24(31)26-12-16-13-27-30(14-16)15-17-10-21-18(11-20(17)35-5)23(28-37-21)29-38(32,33)22-9-7-6-8-19(22)34-4/h6-11,13-14H,12,15H2,1-5H3,(H,26,31)(H,28,29). The maximum atomic E-state index is 13.0. The third kappa shape index (κ3) is 6.17. The van der Waals surface area contributed by atoms with Gasteiger partial charge in [-0.05, 0) is 45.0 Å². The maximum Gasteiger partial charge on any atom is 0.407 e. The topological polar surface area (TPSA) is 147 Å². The van der Waals surface area contributed by atoms with Gasteiger partial charge in [-0.1, -0.05) is 17.3 Å². The fourth-order valence-electron chi connectivity index (χ4n) is 3.66. The van der Waals surface area contributed by atoms with Gasteiger partial charge in [0.25, 0.3) is 10.0 Å². The predicted octanol–water partition coefficient (Wildman–Crippen LogP) is 3.92. The van der Waals surface area contributed by atoms with Crippen molar-refractivity contribution >= 4 is 32.9 Å². The fourth-order valence-corrected chi connectivity index (χ4v) is 4.85. The smallest absolute Gasteiger partial charge is 0.407 e. The van der Waals surface area contributed by atoms with E-state index in [2.05, 4.69) is 20.3 Å². The minimum Gasteiger partial charge on any atom is -0.496 e. The molecule has 0 bridgehead atoms. The Morgan fingerprint density at radius 2 is 1.84 bits per heavy atom. The molecule has 202 valence electrons. The molecule has 0 saturated heterocycles. The van der Waals surface area contributed by atoms with Crippen LogP contribution in [0.5, 0.6) is 11.5 Å². The van der Waals surface area contributed by atoms with E-state index in [0.29, 0.717) is 23.3 Å². The SMILES string of the molecule is COc1cc2c(NS(=O)(=O)c3ccccc3OC)noc2cc1Cn1cc(CNC(=O)OC(C)(C)C)cn1. The number of para-hydroxylation sites is 1. The number of benzene rings is 2. The Kier molecular flexibility index (Phi) is 7.49. The van der Waals surface area contributed by atoms with Crippen molar-refractivity contribution in [3.05, 3.63) is 59.9 Å². The molecule has 0 spiro atoms. The Balaban J connectivity index is 1.52. The molecule has 2 heterocycles. The second kappa shape index (κ2) is 10.6. The van der Waals surface area contributed by atoms with Gasteiger partial charge in [0, 0.05) is 23.9 Å². The molecule has 2 N–H and O–H groups in total. The van der Waals surface area contributed by atoms with Crippen molar-refractivity contribution in [2.45, 2.75) is 44.4 Å². The van der Waals surface area contributed by atoms with E-state index in [0.717, 1.165) is 11.1 Å². The van der Waals surface area contributed by atoms with Crippen molar-refractivity contribution < 1.29 is 31.9 Å².